The number of hydrogen-bond donors (Lipinski definition) is 0. The zero-order valence-corrected chi connectivity index (χ0v) is 12.9. The molecule has 24 heavy (non-hydrogen) atoms. The molecule has 1 rings (SSSR count). The summed E-state index contributed by atoms with van der Waals surface area (Å²) in [6.45, 7) is -0.454. The summed E-state index contributed by atoms with van der Waals surface area (Å²) in [5.41, 5.74) is 0.385. The molecule has 0 aromatic heterocycles. The molecule has 0 unspecified atom stereocenters. The van der Waals surface area contributed by atoms with E-state index in [1.165, 1.54) is 24.3 Å². The van der Waals surface area contributed by atoms with Crippen LogP contribution in [-0.2, 0) is 11.3 Å². The second kappa shape index (κ2) is 6.98. The Hall–Kier alpha value is -1.17. The van der Waals surface area contributed by atoms with Gasteiger partial charge in [-0.25, -0.2) is 0 Å². The summed E-state index contributed by atoms with van der Waals surface area (Å²) >= 11 is 2.80. The second-order valence-electron chi connectivity index (χ2n) is 4.29. The van der Waals surface area contributed by atoms with Crippen LogP contribution >= 0.6 is 24.0 Å². The first kappa shape index (κ1) is 20.9. The largest absolute Gasteiger partial charge is 0.474 e. The fourth-order valence-electron chi connectivity index (χ4n) is 1.28. The van der Waals surface area contributed by atoms with Crippen LogP contribution in [0.25, 0.3) is 0 Å². The van der Waals surface area contributed by atoms with Crippen molar-refractivity contribution in [1.29, 1.82) is 0 Å². The lowest BCUT2D eigenvalue weighted by molar-refractivity contribution is -0.381. The van der Waals surface area contributed by atoms with Crippen molar-refractivity contribution in [1.82, 2.24) is 0 Å². The lowest BCUT2D eigenvalue weighted by Crippen LogP contribution is -2.59. The first-order chi connectivity index (χ1) is 10.7. The monoisotopic (exact) mass is 402 g/mol. The highest BCUT2D eigenvalue weighted by Gasteiger charge is 2.82. The minimum atomic E-state index is -6.95. The lowest BCUT2D eigenvalue weighted by Gasteiger charge is -2.32. The first-order valence-electron chi connectivity index (χ1n) is 5.82. The summed E-state index contributed by atoms with van der Waals surface area (Å²) in [6, 6.07) is 7.57. The van der Waals surface area contributed by atoms with Crippen molar-refractivity contribution in [2.75, 3.05) is 0 Å². The number of ether oxygens (including phenoxy) is 1. The molecule has 0 aliphatic rings. The molecule has 0 N–H and O–H groups in total. The van der Waals surface area contributed by atoms with Gasteiger partial charge in [0.2, 0.25) is 4.38 Å². The zero-order valence-electron chi connectivity index (χ0n) is 11.2. The van der Waals surface area contributed by atoms with Gasteiger partial charge in [-0.2, -0.15) is 39.5 Å². The standard InChI is InChI=1S/C12H7F9OS2/c13-9(14,11(17,18)19)10(15,16)12(20,21)24-8(23)22-6-7-4-2-1-3-5-7/h1-5H,6H2. The van der Waals surface area contributed by atoms with Crippen molar-refractivity contribution in [3.05, 3.63) is 35.9 Å². The van der Waals surface area contributed by atoms with Gasteiger partial charge in [0.1, 0.15) is 6.61 Å². The molecule has 0 aliphatic carbocycles. The van der Waals surface area contributed by atoms with Gasteiger partial charge in [0, 0.05) is 11.8 Å². The average Bonchev–Trinajstić information content (AvgIpc) is 2.44. The van der Waals surface area contributed by atoms with E-state index in [0.717, 1.165) is 0 Å². The van der Waals surface area contributed by atoms with Crippen molar-refractivity contribution in [3.8, 4) is 0 Å². The fourth-order valence-corrected chi connectivity index (χ4v) is 2.23. The third-order valence-electron chi connectivity index (χ3n) is 2.53. The Bertz CT molecular complexity index is 572. The number of thiocarbonyl (C=S) groups is 1. The van der Waals surface area contributed by atoms with E-state index < -0.39 is 46.0 Å². The predicted molar refractivity (Wildman–Crippen MR) is 72.3 cm³/mol. The first-order valence-corrected chi connectivity index (χ1v) is 7.04. The molecule has 0 amide bonds. The number of benzene rings is 1. The van der Waals surface area contributed by atoms with Gasteiger partial charge in [-0.1, -0.05) is 30.3 Å². The maximum absolute atomic E-state index is 13.3. The number of hydrogen-bond acceptors (Lipinski definition) is 3. The summed E-state index contributed by atoms with van der Waals surface area (Å²) in [6.07, 6.45) is -6.87. The predicted octanol–water partition coefficient (Wildman–Crippen LogP) is 5.65. The Morgan fingerprint density at radius 3 is 1.83 bits per heavy atom. The van der Waals surface area contributed by atoms with Crippen LogP contribution < -0.4 is 0 Å². The van der Waals surface area contributed by atoms with Crippen LogP contribution in [0.1, 0.15) is 5.56 Å². The van der Waals surface area contributed by atoms with E-state index in [-0.39, 0.29) is 0 Å². The normalized spacial score (nSPS) is 13.7. The fraction of sp³-hybridized carbons (Fsp3) is 0.417. The Kier molecular flexibility index (Phi) is 6.07. The quantitative estimate of drug-likeness (QED) is 0.466. The van der Waals surface area contributed by atoms with Gasteiger partial charge < -0.3 is 4.74 Å². The number of alkyl halides is 9. The van der Waals surface area contributed by atoms with Crippen LogP contribution in [0.2, 0.25) is 0 Å². The maximum atomic E-state index is 13.3. The average molecular weight is 402 g/mol. The SMILES string of the molecule is FC(F)(F)C(F)(F)C(F)(F)C(F)(F)SC(=S)OCc1ccccc1. The molecule has 0 heterocycles. The molecule has 1 aromatic rings. The molecule has 12 heteroatoms. The molecule has 0 aliphatic heterocycles. The van der Waals surface area contributed by atoms with E-state index in [0.29, 0.717) is 5.56 Å². The van der Waals surface area contributed by atoms with E-state index in [9.17, 15) is 39.5 Å². The summed E-state index contributed by atoms with van der Waals surface area (Å²) in [5, 5.41) is -5.85. The van der Waals surface area contributed by atoms with Gasteiger partial charge in [0.25, 0.3) is 0 Å². The molecule has 0 fully saturated rings. The molecule has 0 saturated heterocycles. The highest BCUT2D eigenvalue weighted by Crippen LogP contribution is 2.56. The number of thioether (sulfide) groups is 1. The van der Waals surface area contributed by atoms with Gasteiger partial charge in [0.15, 0.2) is 0 Å². The maximum Gasteiger partial charge on any atom is 0.460 e. The van der Waals surface area contributed by atoms with E-state index in [1.807, 2.05) is 0 Å². The molecule has 0 atom stereocenters. The third kappa shape index (κ3) is 4.26. The van der Waals surface area contributed by atoms with E-state index in [2.05, 4.69) is 17.0 Å². The molecular weight excluding hydrogens is 395 g/mol. The van der Waals surface area contributed by atoms with Crippen LogP contribution in [0.15, 0.2) is 30.3 Å². The second-order valence-corrected chi connectivity index (χ2v) is 6.01. The third-order valence-corrected chi connectivity index (χ3v) is 3.69. The molecule has 0 radical (unpaired) electrons. The van der Waals surface area contributed by atoms with E-state index in [4.69, 9.17) is 0 Å². The Balaban J connectivity index is 2.82. The molecule has 0 saturated carbocycles. The van der Waals surface area contributed by atoms with E-state index >= 15 is 0 Å². The van der Waals surface area contributed by atoms with Crippen molar-refractivity contribution < 1.29 is 44.3 Å². The van der Waals surface area contributed by atoms with Crippen LogP contribution in [0.5, 0.6) is 0 Å². The highest BCUT2D eigenvalue weighted by atomic mass is 32.2. The number of rotatable bonds is 5. The summed E-state index contributed by atoms with van der Waals surface area (Å²) < 4.78 is 117. The van der Waals surface area contributed by atoms with Gasteiger partial charge in [-0.3, -0.25) is 0 Å². The molecule has 0 spiro atoms. The Morgan fingerprint density at radius 1 is 0.875 bits per heavy atom. The van der Waals surface area contributed by atoms with Crippen molar-refractivity contribution in [2.45, 2.75) is 29.9 Å². The van der Waals surface area contributed by atoms with Crippen molar-refractivity contribution in [2.24, 2.45) is 0 Å². The van der Waals surface area contributed by atoms with Crippen LogP contribution in [0.3, 0.4) is 0 Å². The molecular formula is C12H7F9OS2. The summed E-state index contributed by atoms with van der Waals surface area (Å²) in [5.74, 6) is -13.7. The molecule has 1 aromatic carbocycles. The molecule has 1 nitrogen and oxygen atoms in total. The number of halogens is 9. The molecule has 0 bridgehead atoms. The minimum Gasteiger partial charge on any atom is -0.474 e. The van der Waals surface area contributed by atoms with Gasteiger partial charge in [0.05, 0.1) is 0 Å². The van der Waals surface area contributed by atoms with Crippen LogP contribution in [0.4, 0.5) is 39.5 Å². The smallest absolute Gasteiger partial charge is 0.460 e. The topological polar surface area (TPSA) is 9.23 Å². The highest BCUT2D eigenvalue weighted by molar-refractivity contribution is 8.23. The summed E-state index contributed by atoms with van der Waals surface area (Å²) in [7, 11) is 0. The van der Waals surface area contributed by atoms with Crippen molar-refractivity contribution in [3.63, 3.8) is 0 Å². The van der Waals surface area contributed by atoms with Crippen LogP contribution in [-0.4, -0.2) is 27.7 Å². The molecule has 136 valence electrons. The minimum absolute atomic E-state index is 0.385. The summed E-state index contributed by atoms with van der Waals surface area (Å²) in [4.78, 5) is 0. The Morgan fingerprint density at radius 2 is 1.38 bits per heavy atom. The zero-order chi connectivity index (χ0) is 18.8. The van der Waals surface area contributed by atoms with Gasteiger partial charge >= 0.3 is 23.3 Å². The van der Waals surface area contributed by atoms with Crippen molar-refractivity contribution >= 4 is 28.4 Å². The van der Waals surface area contributed by atoms with Gasteiger partial charge in [-0.15, -0.1) is 0 Å². The van der Waals surface area contributed by atoms with Gasteiger partial charge in [-0.05, 0) is 17.8 Å². The lowest BCUT2D eigenvalue weighted by atomic mass is 10.1. The van der Waals surface area contributed by atoms with E-state index in [1.54, 1.807) is 6.07 Å². The Labute approximate surface area is 139 Å². The van der Waals surface area contributed by atoms with Crippen LogP contribution in [0, 0.1) is 0 Å².